The largest absolute Gasteiger partial charge is 0.497 e. The summed E-state index contributed by atoms with van der Waals surface area (Å²) in [6.45, 7) is 1.24. The summed E-state index contributed by atoms with van der Waals surface area (Å²) in [7, 11) is 1.58. The predicted octanol–water partition coefficient (Wildman–Crippen LogP) is 3.91. The van der Waals surface area contributed by atoms with Gasteiger partial charge in [-0.05, 0) is 30.3 Å². The summed E-state index contributed by atoms with van der Waals surface area (Å²) in [4.78, 5) is 24.0. The monoisotopic (exact) mass is 395 g/mol. The van der Waals surface area contributed by atoms with E-state index in [0.717, 1.165) is 17.5 Å². The minimum absolute atomic E-state index is 0.0673. The zero-order chi connectivity index (χ0) is 19.3. The molecule has 2 aliphatic rings. The second-order valence-electron chi connectivity index (χ2n) is 7.25. The smallest absolute Gasteiger partial charge is 0.172 e. The molecule has 1 unspecified atom stereocenters. The first-order chi connectivity index (χ1) is 13.6. The van der Waals surface area contributed by atoms with Crippen molar-refractivity contribution in [1.82, 2.24) is 9.97 Å². The van der Waals surface area contributed by atoms with E-state index in [0.29, 0.717) is 47.5 Å². The summed E-state index contributed by atoms with van der Waals surface area (Å²) < 4.78 is 11.5. The summed E-state index contributed by atoms with van der Waals surface area (Å²) in [5, 5.41) is 0.364. The van der Waals surface area contributed by atoms with E-state index in [1.807, 2.05) is 30.3 Å². The van der Waals surface area contributed by atoms with Gasteiger partial charge in [0, 0.05) is 13.0 Å². The van der Waals surface area contributed by atoms with Crippen LogP contribution in [0.2, 0.25) is 5.15 Å². The molecule has 142 valence electrons. The molecule has 7 heteroatoms. The van der Waals surface area contributed by atoms with Crippen LogP contribution >= 0.6 is 11.6 Å². The predicted molar refractivity (Wildman–Crippen MR) is 107 cm³/mol. The lowest BCUT2D eigenvalue weighted by Gasteiger charge is -2.34. The number of rotatable bonds is 2. The van der Waals surface area contributed by atoms with Gasteiger partial charge in [-0.2, -0.15) is 0 Å². The van der Waals surface area contributed by atoms with Gasteiger partial charge in [-0.1, -0.05) is 23.7 Å². The Kier molecular flexibility index (Phi) is 3.91. The minimum atomic E-state index is -0.574. The molecule has 1 aromatic heterocycles. The van der Waals surface area contributed by atoms with Crippen molar-refractivity contribution in [3.8, 4) is 11.5 Å². The molecule has 0 bridgehead atoms. The Bertz CT molecular complexity index is 1100. The second-order valence-corrected chi connectivity index (χ2v) is 7.60. The molecule has 0 radical (unpaired) electrons. The van der Waals surface area contributed by atoms with Crippen molar-refractivity contribution in [1.29, 1.82) is 0 Å². The van der Waals surface area contributed by atoms with Gasteiger partial charge in [-0.15, -0.1) is 0 Å². The number of anilines is 1. The normalized spacial score (nSPS) is 21.1. The van der Waals surface area contributed by atoms with Crippen LogP contribution in [0.15, 0.2) is 42.5 Å². The Balaban J connectivity index is 1.46. The van der Waals surface area contributed by atoms with E-state index < -0.39 is 5.60 Å². The molecule has 1 fully saturated rings. The number of halogens is 1. The molecule has 5 rings (SSSR count). The quantitative estimate of drug-likeness (QED) is 0.655. The molecule has 6 nitrogen and oxygen atoms in total. The first kappa shape index (κ1) is 17.3. The van der Waals surface area contributed by atoms with E-state index in [9.17, 15) is 4.79 Å². The molecule has 28 heavy (non-hydrogen) atoms. The number of ketones is 1. The Labute approximate surface area is 167 Å². The number of aromatic nitrogens is 2. The van der Waals surface area contributed by atoms with Crippen LogP contribution in [0, 0.1) is 0 Å². The van der Waals surface area contributed by atoms with Crippen molar-refractivity contribution in [3.05, 3.63) is 53.2 Å². The fourth-order valence-electron chi connectivity index (χ4n) is 4.02. The first-order valence-corrected chi connectivity index (χ1v) is 9.52. The zero-order valence-corrected chi connectivity index (χ0v) is 16.1. The van der Waals surface area contributed by atoms with Crippen molar-refractivity contribution in [2.75, 3.05) is 25.1 Å². The number of para-hydroxylation sites is 2. The lowest BCUT2D eigenvalue weighted by atomic mass is 9.89. The van der Waals surface area contributed by atoms with E-state index in [1.54, 1.807) is 19.2 Å². The molecule has 1 saturated heterocycles. The van der Waals surface area contributed by atoms with Gasteiger partial charge in [-0.3, -0.25) is 4.79 Å². The van der Waals surface area contributed by atoms with E-state index >= 15 is 0 Å². The van der Waals surface area contributed by atoms with Crippen LogP contribution in [0.3, 0.4) is 0 Å². The number of carbonyl (C=O) groups excluding carboxylic acids is 1. The van der Waals surface area contributed by atoms with E-state index in [1.165, 1.54) is 0 Å². The Hall–Kier alpha value is -2.86. The fourth-order valence-corrected chi connectivity index (χ4v) is 4.28. The van der Waals surface area contributed by atoms with Crippen LogP contribution in [-0.4, -0.2) is 41.6 Å². The molecular formula is C21H18ClN3O3. The standard InChI is InChI=1S/C21H18ClN3O3/c1-27-13-6-7-18-14(10-13)17(26)11-21(28-18)8-9-25(12-21)20-19(22)23-15-4-2-3-5-16(15)24-20/h2-7,10H,8-9,11-12H2,1H3. The van der Waals surface area contributed by atoms with Crippen molar-refractivity contribution in [2.24, 2.45) is 0 Å². The van der Waals surface area contributed by atoms with Crippen molar-refractivity contribution in [2.45, 2.75) is 18.4 Å². The maximum atomic E-state index is 12.8. The van der Waals surface area contributed by atoms with Crippen LogP contribution in [0.25, 0.3) is 11.0 Å². The number of Topliss-reactive ketones (excluding diaryl/α,β-unsaturated/α-hetero) is 1. The van der Waals surface area contributed by atoms with Gasteiger partial charge in [0.1, 0.15) is 17.1 Å². The third-order valence-electron chi connectivity index (χ3n) is 5.42. The highest BCUT2D eigenvalue weighted by Gasteiger charge is 2.46. The highest BCUT2D eigenvalue weighted by molar-refractivity contribution is 6.32. The molecule has 1 spiro atoms. The lowest BCUT2D eigenvalue weighted by Crippen LogP contribution is -2.44. The molecule has 0 amide bonds. The van der Waals surface area contributed by atoms with Gasteiger partial charge in [0.05, 0.1) is 36.7 Å². The average molecular weight is 396 g/mol. The lowest BCUT2D eigenvalue weighted by molar-refractivity contribution is 0.0537. The molecule has 3 aromatic rings. The number of nitrogens with zero attached hydrogens (tertiary/aromatic N) is 3. The highest BCUT2D eigenvalue weighted by atomic mass is 35.5. The van der Waals surface area contributed by atoms with Gasteiger partial charge in [-0.25, -0.2) is 9.97 Å². The summed E-state index contributed by atoms with van der Waals surface area (Å²) in [5.74, 6) is 1.96. The second kappa shape index (κ2) is 6.34. The molecule has 3 heterocycles. The number of methoxy groups -OCH3 is 1. The van der Waals surface area contributed by atoms with E-state index in [-0.39, 0.29) is 5.78 Å². The maximum absolute atomic E-state index is 12.8. The molecule has 0 N–H and O–H groups in total. The minimum Gasteiger partial charge on any atom is -0.497 e. The fraction of sp³-hybridized carbons (Fsp3) is 0.286. The Morgan fingerprint density at radius 2 is 1.96 bits per heavy atom. The number of hydrogen-bond donors (Lipinski definition) is 0. The number of benzene rings is 2. The number of hydrogen-bond acceptors (Lipinski definition) is 6. The zero-order valence-electron chi connectivity index (χ0n) is 15.3. The molecule has 1 atom stereocenters. The average Bonchev–Trinajstić information content (AvgIpc) is 3.10. The third-order valence-corrected chi connectivity index (χ3v) is 5.68. The topological polar surface area (TPSA) is 64.5 Å². The number of ether oxygens (including phenoxy) is 2. The molecular weight excluding hydrogens is 378 g/mol. The van der Waals surface area contributed by atoms with Gasteiger partial charge in [0.25, 0.3) is 0 Å². The van der Waals surface area contributed by atoms with Crippen LogP contribution < -0.4 is 14.4 Å². The third kappa shape index (κ3) is 2.76. The Morgan fingerprint density at radius 1 is 1.18 bits per heavy atom. The highest BCUT2D eigenvalue weighted by Crippen LogP contribution is 2.41. The van der Waals surface area contributed by atoms with Crippen LogP contribution in [0.4, 0.5) is 5.82 Å². The molecule has 0 saturated carbocycles. The number of fused-ring (bicyclic) bond motifs is 2. The van der Waals surface area contributed by atoms with Crippen LogP contribution in [0.1, 0.15) is 23.2 Å². The van der Waals surface area contributed by atoms with Crippen LogP contribution in [0.5, 0.6) is 11.5 Å². The van der Waals surface area contributed by atoms with Gasteiger partial charge in [0.15, 0.2) is 16.8 Å². The van der Waals surface area contributed by atoms with Crippen molar-refractivity contribution < 1.29 is 14.3 Å². The summed E-state index contributed by atoms with van der Waals surface area (Å²) in [6.07, 6.45) is 1.04. The SMILES string of the molecule is COc1ccc2c(c1)C(=O)CC1(CCN(c3nc4ccccc4nc3Cl)C1)O2. The van der Waals surface area contributed by atoms with Crippen molar-refractivity contribution in [3.63, 3.8) is 0 Å². The molecule has 2 aliphatic heterocycles. The Morgan fingerprint density at radius 3 is 2.75 bits per heavy atom. The molecule has 0 aliphatic carbocycles. The first-order valence-electron chi connectivity index (χ1n) is 9.14. The maximum Gasteiger partial charge on any atom is 0.172 e. The molecule has 2 aromatic carbocycles. The van der Waals surface area contributed by atoms with Crippen molar-refractivity contribution >= 4 is 34.2 Å². The summed E-state index contributed by atoms with van der Waals surface area (Å²) >= 11 is 6.42. The summed E-state index contributed by atoms with van der Waals surface area (Å²) in [6, 6.07) is 13.0. The van der Waals surface area contributed by atoms with E-state index in [4.69, 9.17) is 26.1 Å². The van der Waals surface area contributed by atoms with Gasteiger partial charge >= 0.3 is 0 Å². The summed E-state index contributed by atoms with van der Waals surface area (Å²) in [5.41, 5.74) is 1.56. The van der Waals surface area contributed by atoms with Gasteiger partial charge in [0.2, 0.25) is 0 Å². The van der Waals surface area contributed by atoms with E-state index in [2.05, 4.69) is 9.88 Å². The van der Waals surface area contributed by atoms with Crippen LogP contribution in [-0.2, 0) is 0 Å². The number of carbonyl (C=O) groups is 1. The van der Waals surface area contributed by atoms with Gasteiger partial charge < -0.3 is 14.4 Å².